The van der Waals surface area contributed by atoms with Crippen molar-refractivity contribution in [2.75, 3.05) is 7.05 Å². The molecule has 2 atom stereocenters. The second-order valence-electron chi connectivity index (χ2n) is 3.02. The van der Waals surface area contributed by atoms with Crippen LogP contribution in [0.15, 0.2) is 4.99 Å². The van der Waals surface area contributed by atoms with Crippen LogP contribution in [-0.4, -0.2) is 19.3 Å². The molecule has 2 heteroatoms. The van der Waals surface area contributed by atoms with Gasteiger partial charge in [-0.2, -0.15) is 0 Å². The Balaban J connectivity index is 2.39. The SMILES string of the molecule is CN=CC1CCCC[C@H]1N. The van der Waals surface area contributed by atoms with Crippen molar-refractivity contribution in [2.45, 2.75) is 31.7 Å². The number of hydrogen-bond acceptors (Lipinski definition) is 2. The predicted molar refractivity (Wildman–Crippen MR) is 44.3 cm³/mol. The zero-order valence-corrected chi connectivity index (χ0v) is 6.59. The summed E-state index contributed by atoms with van der Waals surface area (Å²) in [5.74, 6) is 0.554. The summed E-state index contributed by atoms with van der Waals surface area (Å²) in [6, 6.07) is 0.373. The van der Waals surface area contributed by atoms with Crippen LogP contribution >= 0.6 is 0 Å². The molecule has 1 unspecified atom stereocenters. The highest BCUT2D eigenvalue weighted by molar-refractivity contribution is 5.61. The standard InChI is InChI=1S/C8H16N2/c1-10-6-7-4-2-3-5-8(7)9/h6-8H,2-5,9H2,1H3/t7?,8-/m1/s1. The molecule has 0 aliphatic heterocycles. The topological polar surface area (TPSA) is 38.4 Å². The van der Waals surface area contributed by atoms with E-state index in [1.54, 1.807) is 0 Å². The Morgan fingerprint density at radius 1 is 1.40 bits per heavy atom. The lowest BCUT2D eigenvalue weighted by atomic mass is 9.86. The first-order valence-electron chi connectivity index (χ1n) is 4.02. The number of hydrogen-bond donors (Lipinski definition) is 1. The van der Waals surface area contributed by atoms with E-state index < -0.39 is 0 Å². The fourth-order valence-corrected chi connectivity index (χ4v) is 1.56. The Labute approximate surface area is 62.5 Å². The smallest absolute Gasteiger partial charge is 0.0273 e. The Hall–Kier alpha value is -0.370. The summed E-state index contributed by atoms with van der Waals surface area (Å²) in [7, 11) is 1.82. The third-order valence-electron chi connectivity index (χ3n) is 2.22. The van der Waals surface area contributed by atoms with Gasteiger partial charge in [-0.1, -0.05) is 12.8 Å². The zero-order valence-electron chi connectivity index (χ0n) is 6.59. The van der Waals surface area contributed by atoms with Crippen molar-refractivity contribution in [3.8, 4) is 0 Å². The average molecular weight is 140 g/mol. The molecule has 1 aliphatic carbocycles. The molecule has 0 spiro atoms. The van der Waals surface area contributed by atoms with Gasteiger partial charge in [0, 0.05) is 25.2 Å². The highest BCUT2D eigenvalue weighted by Gasteiger charge is 2.18. The van der Waals surface area contributed by atoms with Crippen LogP contribution in [0.3, 0.4) is 0 Å². The van der Waals surface area contributed by atoms with E-state index in [0.717, 1.165) is 0 Å². The van der Waals surface area contributed by atoms with Crippen LogP contribution in [0.5, 0.6) is 0 Å². The van der Waals surface area contributed by atoms with E-state index in [4.69, 9.17) is 5.73 Å². The molecule has 1 fully saturated rings. The summed E-state index contributed by atoms with van der Waals surface area (Å²) in [5, 5.41) is 0. The summed E-state index contributed by atoms with van der Waals surface area (Å²) in [4.78, 5) is 4.00. The van der Waals surface area contributed by atoms with Crippen molar-refractivity contribution in [1.29, 1.82) is 0 Å². The molecule has 0 aromatic carbocycles. The van der Waals surface area contributed by atoms with E-state index in [9.17, 15) is 0 Å². The van der Waals surface area contributed by atoms with Crippen LogP contribution in [0, 0.1) is 5.92 Å². The lowest BCUT2D eigenvalue weighted by Crippen LogP contribution is -2.33. The molecule has 1 saturated carbocycles. The van der Waals surface area contributed by atoms with Gasteiger partial charge < -0.3 is 10.7 Å². The van der Waals surface area contributed by atoms with Crippen molar-refractivity contribution in [3.05, 3.63) is 0 Å². The van der Waals surface area contributed by atoms with E-state index in [2.05, 4.69) is 4.99 Å². The van der Waals surface area contributed by atoms with Crippen LogP contribution in [0.1, 0.15) is 25.7 Å². The van der Waals surface area contributed by atoms with Gasteiger partial charge in [-0.25, -0.2) is 0 Å². The molecule has 0 heterocycles. The van der Waals surface area contributed by atoms with Crippen molar-refractivity contribution in [2.24, 2.45) is 16.6 Å². The summed E-state index contributed by atoms with van der Waals surface area (Å²) in [6.07, 6.45) is 7.04. The number of nitrogens with zero attached hydrogens (tertiary/aromatic N) is 1. The van der Waals surface area contributed by atoms with Crippen LogP contribution < -0.4 is 5.73 Å². The van der Waals surface area contributed by atoms with Crippen molar-refractivity contribution in [1.82, 2.24) is 0 Å². The fourth-order valence-electron chi connectivity index (χ4n) is 1.56. The van der Waals surface area contributed by atoms with Crippen molar-refractivity contribution < 1.29 is 0 Å². The van der Waals surface area contributed by atoms with E-state index in [0.29, 0.717) is 12.0 Å². The highest BCUT2D eigenvalue weighted by atomic mass is 14.7. The molecule has 0 radical (unpaired) electrons. The molecule has 0 aromatic rings. The molecule has 58 valence electrons. The third kappa shape index (κ3) is 1.81. The van der Waals surface area contributed by atoms with Gasteiger partial charge in [-0.05, 0) is 12.8 Å². The number of rotatable bonds is 1. The molecule has 2 N–H and O–H groups in total. The van der Waals surface area contributed by atoms with Crippen molar-refractivity contribution >= 4 is 6.21 Å². The van der Waals surface area contributed by atoms with Gasteiger partial charge in [0.1, 0.15) is 0 Å². The van der Waals surface area contributed by atoms with Crippen LogP contribution in [-0.2, 0) is 0 Å². The molecular weight excluding hydrogens is 124 g/mol. The van der Waals surface area contributed by atoms with Gasteiger partial charge in [0.05, 0.1) is 0 Å². The Kier molecular flexibility index (Phi) is 2.87. The molecule has 1 aliphatic rings. The minimum absolute atomic E-state index is 0.373. The molecule has 0 aromatic heterocycles. The lowest BCUT2D eigenvalue weighted by Gasteiger charge is -2.24. The average Bonchev–Trinajstić information content (AvgIpc) is 1.94. The molecule has 0 amide bonds. The molecule has 0 saturated heterocycles. The van der Waals surface area contributed by atoms with Gasteiger partial charge >= 0.3 is 0 Å². The van der Waals surface area contributed by atoms with Crippen LogP contribution in [0.2, 0.25) is 0 Å². The Morgan fingerprint density at radius 2 is 2.10 bits per heavy atom. The fraction of sp³-hybridized carbons (Fsp3) is 0.875. The summed E-state index contributed by atoms with van der Waals surface area (Å²) >= 11 is 0. The van der Waals surface area contributed by atoms with E-state index in [-0.39, 0.29) is 0 Å². The maximum atomic E-state index is 5.87. The molecule has 2 nitrogen and oxygen atoms in total. The largest absolute Gasteiger partial charge is 0.327 e. The Morgan fingerprint density at radius 3 is 2.70 bits per heavy atom. The quantitative estimate of drug-likeness (QED) is 0.546. The molecule has 0 bridgehead atoms. The monoisotopic (exact) mass is 140 g/mol. The predicted octanol–water partition coefficient (Wildman–Crippen LogP) is 1.20. The maximum Gasteiger partial charge on any atom is 0.0273 e. The van der Waals surface area contributed by atoms with Gasteiger partial charge in [0.25, 0.3) is 0 Å². The minimum Gasteiger partial charge on any atom is -0.327 e. The highest BCUT2D eigenvalue weighted by Crippen LogP contribution is 2.20. The summed E-state index contributed by atoms with van der Waals surface area (Å²) < 4.78 is 0. The Bertz CT molecular complexity index is 120. The van der Waals surface area contributed by atoms with E-state index in [1.807, 2.05) is 13.3 Å². The maximum absolute atomic E-state index is 5.87. The summed E-state index contributed by atoms with van der Waals surface area (Å²) in [5.41, 5.74) is 5.87. The molecular formula is C8H16N2. The molecule has 1 rings (SSSR count). The van der Waals surface area contributed by atoms with Crippen LogP contribution in [0.4, 0.5) is 0 Å². The van der Waals surface area contributed by atoms with Gasteiger partial charge in [0.2, 0.25) is 0 Å². The first-order valence-corrected chi connectivity index (χ1v) is 4.02. The van der Waals surface area contributed by atoms with Crippen LogP contribution in [0.25, 0.3) is 0 Å². The second-order valence-corrected chi connectivity index (χ2v) is 3.02. The first kappa shape index (κ1) is 7.73. The number of aliphatic imine (C=N–C) groups is 1. The van der Waals surface area contributed by atoms with E-state index >= 15 is 0 Å². The zero-order chi connectivity index (χ0) is 7.40. The normalized spacial score (nSPS) is 35.0. The summed E-state index contributed by atoms with van der Waals surface area (Å²) in [6.45, 7) is 0. The third-order valence-corrected chi connectivity index (χ3v) is 2.22. The second kappa shape index (κ2) is 3.71. The number of nitrogens with two attached hydrogens (primary N) is 1. The minimum atomic E-state index is 0.373. The van der Waals surface area contributed by atoms with Gasteiger partial charge in [-0.3, -0.25) is 0 Å². The molecule has 10 heavy (non-hydrogen) atoms. The lowest BCUT2D eigenvalue weighted by molar-refractivity contribution is 0.385. The first-order chi connectivity index (χ1) is 4.84. The van der Waals surface area contributed by atoms with Crippen molar-refractivity contribution in [3.63, 3.8) is 0 Å². The van der Waals surface area contributed by atoms with Gasteiger partial charge in [-0.15, -0.1) is 0 Å². The van der Waals surface area contributed by atoms with Gasteiger partial charge in [0.15, 0.2) is 0 Å². The van der Waals surface area contributed by atoms with E-state index in [1.165, 1.54) is 25.7 Å².